The van der Waals surface area contributed by atoms with Crippen LogP contribution in [0.5, 0.6) is 0 Å². The van der Waals surface area contributed by atoms with Crippen LogP contribution in [0.1, 0.15) is 12.8 Å². The van der Waals surface area contributed by atoms with Crippen molar-refractivity contribution in [3.05, 3.63) is 0 Å². The van der Waals surface area contributed by atoms with E-state index in [1.807, 2.05) is 0 Å². The summed E-state index contributed by atoms with van der Waals surface area (Å²) < 4.78 is 0. The smallest absolute Gasteiger partial charge is 1.00 e. The molecule has 0 aliphatic carbocycles. The number of halogens is 1. The van der Waals surface area contributed by atoms with Crippen molar-refractivity contribution in [2.75, 3.05) is 0 Å². The number of hydrogen-bond donors (Lipinski definition) is 1. The molecule has 0 saturated carbocycles. The Hall–Kier alpha value is -0.0475. The minimum absolute atomic E-state index is 0. The molecule has 13 nitrogen and oxygen atoms in total. The summed E-state index contributed by atoms with van der Waals surface area (Å²) in [7, 11) is 0. The van der Waals surface area contributed by atoms with Gasteiger partial charge in [-0.3, -0.25) is 0 Å². The van der Waals surface area contributed by atoms with Crippen molar-refractivity contribution in [1.29, 1.82) is 0 Å². The summed E-state index contributed by atoms with van der Waals surface area (Å²) in [4.78, 5) is 30.0. The van der Waals surface area contributed by atoms with Crippen LogP contribution in [0.4, 0.5) is 0 Å². The van der Waals surface area contributed by atoms with Crippen LogP contribution in [-0.4, -0.2) is 108 Å². The Morgan fingerprint density at radius 2 is 0.909 bits per heavy atom. The molecule has 0 spiro atoms. The molecule has 0 aliphatic rings. The predicted octanol–water partition coefficient (Wildman–Crippen LogP) is -14.0. The topological polar surface area (TPSA) is 330 Å². The molecular weight excluding hydrogens is 364 g/mol. The van der Waals surface area contributed by atoms with E-state index < -0.39 is 36.4 Å². The second kappa shape index (κ2) is 29.0. The van der Waals surface area contributed by atoms with Crippen LogP contribution >= 0.6 is 0 Å². The molecule has 130 valence electrons. The first-order chi connectivity index (χ1) is 5.78. The van der Waals surface area contributed by atoms with Gasteiger partial charge in [0, 0.05) is 24.8 Å². The zero-order chi connectivity index (χ0) is 10.6. The number of aliphatic hydroxyl groups is 1. The molecule has 0 aromatic heterocycles. The van der Waals surface area contributed by atoms with Crippen LogP contribution in [0.15, 0.2) is 0 Å². The van der Waals surface area contributed by atoms with E-state index in [0.29, 0.717) is 0 Å². The van der Waals surface area contributed by atoms with Crippen LogP contribution in [0.2, 0.25) is 0 Å². The van der Waals surface area contributed by atoms with E-state index in [1.54, 1.807) is 0 Å². The first-order valence-corrected chi connectivity index (χ1v) is 3.11. The Labute approximate surface area is 162 Å². The summed E-state index contributed by atoms with van der Waals surface area (Å²) >= 11 is 0. The second-order valence-corrected chi connectivity index (χ2v) is 2.42. The van der Waals surface area contributed by atoms with Crippen LogP contribution in [0.3, 0.4) is 0 Å². The van der Waals surface area contributed by atoms with Gasteiger partial charge in [0.05, 0.1) is 5.97 Å². The first-order valence-electron chi connectivity index (χ1n) is 3.11. The zero-order valence-electron chi connectivity index (χ0n) is 11.1. The van der Waals surface area contributed by atoms with E-state index in [1.165, 1.54) is 0 Å². The molecule has 0 fully saturated rings. The van der Waals surface area contributed by atoms with Crippen molar-refractivity contribution in [2.45, 2.75) is 18.4 Å². The van der Waals surface area contributed by atoms with Crippen molar-refractivity contribution in [3.63, 3.8) is 0 Å². The molecule has 0 rings (SSSR count). The van der Waals surface area contributed by atoms with E-state index in [4.69, 9.17) is 5.11 Å². The number of rotatable bonds is 5. The molecule has 0 aromatic rings. The van der Waals surface area contributed by atoms with Gasteiger partial charge in [0.1, 0.15) is 5.60 Å². The summed E-state index contributed by atoms with van der Waals surface area (Å²) in [5, 5.41) is 38.9. The molecule has 0 bridgehead atoms. The summed E-state index contributed by atoms with van der Waals surface area (Å²) in [6.07, 6.45) is -2.72. The Morgan fingerprint density at radius 1 is 0.727 bits per heavy atom. The number of aliphatic carboxylic acids is 3. The van der Waals surface area contributed by atoms with Gasteiger partial charge in [-0.25, -0.2) is 0 Å². The largest absolute Gasteiger partial charge is 2.00 e. The minimum atomic E-state index is -2.97. The van der Waals surface area contributed by atoms with Crippen LogP contribution in [0.25, 0.3) is 0 Å². The molecule has 0 amide bonds. The summed E-state index contributed by atoms with van der Waals surface area (Å²) in [6, 6.07) is 0. The molecular formula is C6H17ClMg2O13. The van der Waals surface area contributed by atoms with Crippen molar-refractivity contribution < 1.29 is 80.1 Å². The van der Waals surface area contributed by atoms with Gasteiger partial charge in [0.25, 0.3) is 0 Å². The Bertz CT molecular complexity index is 247. The Kier molecular flexibility index (Phi) is 89.0. The van der Waals surface area contributed by atoms with Crippen LogP contribution in [-0.2, 0) is 14.4 Å². The standard InChI is InChI=1S/C6H8O7.ClH.2Mg.6H2O/c7-3(8)1-6(13,5(11)12)2-4(9)10;;;;;;;;;/h13H,1-2H2,(H,7,8)(H,9,10)(H,11,12);1H;;;6*1H2/q;;2*+2;;;;;;/p-4. The molecule has 0 saturated heterocycles. The summed E-state index contributed by atoms with van der Waals surface area (Å²) in [5.74, 6) is -5.98. The third-order valence-corrected chi connectivity index (χ3v) is 1.25. The number of carboxylic acid groups (broad SMARTS) is 3. The maximum Gasteiger partial charge on any atom is 2.00 e. The second-order valence-electron chi connectivity index (χ2n) is 2.42. The molecule has 0 aliphatic heterocycles. The van der Waals surface area contributed by atoms with E-state index >= 15 is 0 Å². The quantitative estimate of drug-likeness (QED) is 0.447. The van der Waals surface area contributed by atoms with Gasteiger partial charge in [-0.05, 0) is 0 Å². The van der Waals surface area contributed by atoms with E-state index in [9.17, 15) is 29.7 Å². The molecule has 22 heavy (non-hydrogen) atoms. The van der Waals surface area contributed by atoms with Gasteiger partial charge in [0.2, 0.25) is 0 Å². The summed E-state index contributed by atoms with van der Waals surface area (Å²) in [5.41, 5.74) is -2.97. The maximum absolute atomic E-state index is 10.1. The van der Waals surface area contributed by atoms with E-state index in [0.717, 1.165) is 0 Å². The van der Waals surface area contributed by atoms with Crippen molar-refractivity contribution in [3.8, 4) is 0 Å². The fraction of sp³-hybridized carbons (Fsp3) is 0.500. The van der Waals surface area contributed by atoms with Gasteiger partial charge in [-0.1, -0.05) is 0 Å². The SMILES string of the molecule is O.O.O.O.O.O.O=C([O-])CC(O)(CC(=O)[O-])C(=O)[O-].[Cl-].[Mg+2].[Mg+2]. The van der Waals surface area contributed by atoms with Gasteiger partial charge in [0.15, 0.2) is 0 Å². The van der Waals surface area contributed by atoms with E-state index in [-0.39, 0.29) is 91.4 Å². The fourth-order valence-electron chi connectivity index (χ4n) is 0.684. The van der Waals surface area contributed by atoms with Crippen LogP contribution < -0.4 is 27.7 Å². The number of carboxylic acids is 3. The molecule has 0 radical (unpaired) electrons. The normalized spacial score (nSPS) is 6.41. The molecule has 13 N–H and O–H groups in total. The molecule has 0 aromatic carbocycles. The van der Waals surface area contributed by atoms with Gasteiger partial charge in [-0.15, -0.1) is 0 Å². The monoisotopic (exact) mass is 380 g/mol. The Balaban J connectivity index is -0.0000000200. The van der Waals surface area contributed by atoms with Crippen LogP contribution in [0, 0.1) is 0 Å². The van der Waals surface area contributed by atoms with Gasteiger partial charge >= 0.3 is 46.1 Å². The molecule has 0 atom stereocenters. The number of carbonyl (C=O) groups is 3. The maximum atomic E-state index is 10.1. The van der Waals surface area contributed by atoms with Gasteiger partial charge < -0.3 is 80.1 Å². The van der Waals surface area contributed by atoms with Crippen molar-refractivity contribution in [1.82, 2.24) is 0 Å². The number of hydrogen-bond acceptors (Lipinski definition) is 7. The average Bonchev–Trinajstić information content (AvgIpc) is 1.82. The molecule has 16 heteroatoms. The number of carbonyl (C=O) groups excluding carboxylic acids is 3. The average molecular weight is 381 g/mol. The fourth-order valence-corrected chi connectivity index (χ4v) is 0.684. The summed E-state index contributed by atoms with van der Waals surface area (Å²) in [6.45, 7) is 0. The van der Waals surface area contributed by atoms with Crippen molar-refractivity contribution >= 4 is 64.0 Å². The Morgan fingerprint density at radius 3 is 1.00 bits per heavy atom. The van der Waals surface area contributed by atoms with E-state index in [2.05, 4.69) is 0 Å². The third kappa shape index (κ3) is 28.2. The molecule has 0 unspecified atom stereocenters. The predicted molar refractivity (Wildman–Crippen MR) is 62.4 cm³/mol. The van der Waals surface area contributed by atoms with Gasteiger partial charge in [-0.2, -0.15) is 0 Å². The zero-order valence-corrected chi connectivity index (χ0v) is 14.7. The third-order valence-electron chi connectivity index (χ3n) is 1.25. The molecule has 0 heterocycles. The first kappa shape index (κ1) is 67.5. The van der Waals surface area contributed by atoms with Crippen molar-refractivity contribution in [2.24, 2.45) is 0 Å². The minimum Gasteiger partial charge on any atom is -1.00 e.